The average molecular weight is 359 g/mol. The number of anilines is 1. The van der Waals surface area contributed by atoms with E-state index in [4.69, 9.17) is 4.74 Å². The molecule has 0 aromatic heterocycles. The lowest BCUT2D eigenvalue weighted by Gasteiger charge is -2.28. The Morgan fingerprint density at radius 1 is 1.23 bits per heavy atom. The number of carbonyl (C=O) groups is 2. The number of amides is 2. The predicted octanol–water partition coefficient (Wildman–Crippen LogP) is 2.56. The number of rotatable bonds is 4. The monoisotopic (exact) mass is 359 g/mol. The number of hydrogen-bond donors (Lipinski definition) is 1. The predicted molar refractivity (Wildman–Crippen MR) is 101 cm³/mol. The number of fused-ring (bicyclic) bond motifs is 1. The Bertz CT molecular complexity index is 669. The molecule has 2 amide bonds. The van der Waals surface area contributed by atoms with Gasteiger partial charge < -0.3 is 15.0 Å². The van der Waals surface area contributed by atoms with Crippen LogP contribution in [0.4, 0.5) is 10.5 Å². The van der Waals surface area contributed by atoms with Gasteiger partial charge in [-0.25, -0.2) is 4.79 Å². The minimum atomic E-state index is -0.552. The third kappa shape index (κ3) is 4.29. The van der Waals surface area contributed by atoms with Crippen molar-refractivity contribution < 1.29 is 14.3 Å². The van der Waals surface area contributed by atoms with Crippen molar-refractivity contribution in [1.82, 2.24) is 10.2 Å². The second-order valence-electron chi connectivity index (χ2n) is 7.99. The second-order valence-corrected chi connectivity index (χ2v) is 7.99. The topological polar surface area (TPSA) is 61.9 Å². The number of hydrogen-bond acceptors (Lipinski definition) is 4. The molecule has 1 atom stereocenters. The lowest BCUT2D eigenvalue weighted by Crippen LogP contribution is -2.48. The molecule has 6 nitrogen and oxygen atoms in total. The molecule has 2 aliphatic rings. The van der Waals surface area contributed by atoms with Crippen molar-refractivity contribution in [2.24, 2.45) is 0 Å². The molecule has 0 saturated carbocycles. The van der Waals surface area contributed by atoms with Crippen molar-refractivity contribution in [3.05, 3.63) is 29.8 Å². The third-order valence-corrected chi connectivity index (χ3v) is 4.85. The maximum Gasteiger partial charge on any atom is 0.410 e. The highest BCUT2D eigenvalue weighted by Crippen LogP contribution is 2.26. The van der Waals surface area contributed by atoms with Crippen LogP contribution in [0.25, 0.3) is 0 Å². The summed E-state index contributed by atoms with van der Waals surface area (Å²) in [6, 6.07) is 7.98. The van der Waals surface area contributed by atoms with Crippen LogP contribution in [-0.2, 0) is 16.0 Å². The molecule has 0 radical (unpaired) electrons. The zero-order chi connectivity index (χ0) is 18.7. The number of nitrogens with zero attached hydrogens (tertiary/aromatic N) is 2. The van der Waals surface area contributed by atoms with Gasteiger partial charge in [0.2, 0.25) is 5.91 Å². The van der Waals surface area contributed by atoms with E-state index in [2.05, 4.69) is 28.4 Å². The quantitative estimate of drug-likeness (QED) is 0.897. The van der Waals surface area contributed by atoms with E-state index in [9.17, 15) is 9.59 Å². The molecule has 2 aliphatic heterocycles. The molecule has 0 spiro atoms. The van der Waals surface area contributed by atoms with E-state index < -0.39 is 17.7 Å². The molecule has 142 valence electrons. The van der Waals surface area contributed by atoms with Gasteiger partial charge in [0.05, 0.1) is 0 Å². The first-order valence-corrected chi connectivity index (χ1v) is 9.45. The molecule has 1 aromatic rings. The van der Waals surface area contributed by atoms with Crippen molar-refractivity contribution in [1.29, 1.82) is 0 Å². The molecular weight excluding hydrogens is 330 g/mol. The summed E-state index contributed by atoms with van der Waals surface area (Å²) in [7, 11) is 0. The van der Waals surface area contributed by atoms with Gasteiger partial charge in [-0.05, 0) is 51.7 Å². The Labute approximate surface area is 155 Å². The zero-order valence-electron chi connectivity index (χ0n) is 16.0. The van der Waals surface area contributed by atoms with Crippen LogP contribution < -0.4 is 10.2 Å². The maximum absolute atomic E-state index is 12.6. The lowest BCUT2D eigenvalue weighted by molar-refractivity contribution is -0.125. The molecule has 1 unspecified atom stereocenters. The first-order valence-electron chi connectivity index (χ1n) is 9.45. The van der Waals surface area contributed by atoms with Gasteiger partial charge in [-0.3, -0.25) is 9.69 Å². The molecule has 1 N–H and O–H groups in total. The number of benzene rings is 1. The van der Waals surface area contributed by atoms with E-state index >= 15 is 0 Å². The summed E-state index contributed by atoms with van der Waals surface area (Å²) in [5, 5.41) is 3.00. The Kier molecular flexibility index (Phi) is 5.39. The van der Waals surface area contributed by atoms with Gasteiger partial charge in [0, 0.05) is 31.9 Å². The summed E-state index contributed by atoms with van der Waals surface area (Å²) in [6.45, 7) is 8.43. The SMILES string of the molecule is CC(C)(C)OC(=O)N1CCCC1C(=O)NCCN1CCc2ccccc21. The van der Waals surface area contributed by atoms with Gasteiger partial charge in [0.1, 0.15) is 11.6 Å². The van der Waals surface area contributed by atoms with Crippen LogP contribution in [0.1, 0.15) is 39.2 Å². The minimum absolute atomic E-state index is 0.0826. The van der Waals surface area contributed by atoms with Gasteiger partial charge in [-0.2, -0.15) is 0 Å². The van der Waals surface area contributed by atoms with E-state index in [-0.39, 0.29) is 5.91 Å². The van der Waals surface area contributed by atoms with Crippen molar-refractivity contribution in [2.75, 3.05) is 31.1 Å². The largest absolute Gasteiger partial charge is 0.444 e. The van der Waals surface area contributed by atoms with Gasteiger partial charge in [0.15, 0.2) is 0 Å². The molecule has 6 heteroatoms. The minimum Gasteiger partial charge on any atom is -0.444 e. The fourth-order valence-corrected chi connectivity index (χ4v) is 3.65. The standard InChI is InChI=1S/C20H29N3O3/c1-20(2,3)26-19(25)23-12-6-9-17(23)18(24)21-11-14-22-13-10-15-7-4-5-8-16(15)22/h4-5,7-8,17H,6,9-14H2,1-3H3,(H,21,24). The van der Waals surface area contributed by atoms with Crippen LogP contribution >= 0.6 is 0 Å². The maximum atomic E-state index is 12.6. The van der Waals surface area contributed by atoms with Gasteiger partial charge in [-0.1, -0.05) is 18.2 Å². The van der Waals surface area contributed by atoms with Gasteiger partial charge in [0.25, 0.3) is 0 Å². The number of likely N-dealkylation sites (tertiary alicyclic amines) is 1. The molecule has 2 heterocycles. The highest BCUT2D eigenvalue weighted by molar-refractivity contribution is 5.86. The number of nitrogens with one attached hydrogen (secondary N) is 1. The first kappa shape index (κ1) is 18.5. The molecule has 0 aliphatic carbocycles. The third-order valence-electron chi connectivity index (χ3n) is 4.85. The highest BCUT2D eigenvalue weighted by Gasteiger charge is 2.36. The Morgan fingerprint density at radius 3 is 2.77 bits per heavy atom. The molecule has 26 heavy (non-hydrogen) atoms. The summed E-state index contributed by atoms with van der Waals surface area (Å²) in [6.07, 6.45) is 2.18. The fraction of sp³-hybridized carbons (Fsp3) is 0.600. The van der Waals surface area contributed by atoms with E-state index in [1.54, 1.807) is 4.90 Å². The number of carbonyl (C=O) groups excluding carboxylic acids is 2. The Balaban J connectivity index is 1.49. The highest BCUT2D eigenvalue weighted by atomic mass is 16.6. The average Bonchev–Trinajstić information content (AvgIpc) is 3.20. The smallest absolute Gasteiger partial charge is 0.410 e. The summed E-state index contributed by atoms with van der Waals surface area (Å²) in [5.74, 6) is -0.0826. The van der Waals surface area contributed by atoms with Crippen LogP contribution in [-0.4, -0.2) is 54.7 Å². The lowest BCUT2D eigenvalue weighted by atomic mass is 10.2. The molecule has 1 fully saturated rings. The van der Waals surface area contributed by atoms with Crippen molar-refractivity contribution in [3.8, 4) is 0 Å². The van der Waals surface area contributed by atoms with Crippen molar-refractivity contribution in [2.45, 2.75) is 51.7 Å². The van der Waals surface area contributed by atoms with E-state index in [0.29, 0.717) is 19.5 Å². The summed E-state index contributed by atoms with van der Waals surface area (Å²) >= 11 is 0. The van der Waals surface area contributed by atoms with Crippen LogP contribution in [0.15, 0.2) is 24.3 Å². The van der Waals surface area contributed by atoms with Gasteiger partial charge >= 0.3 is 6.09 Å². The van der Waals surface area contributed by atoms with E-state index in [1.165, 1.54) is 11.3 Å². The Hall–Kier alpha value is -2.24. The summed E-state index contributed by atoms with van der Waals surface area (Å²) < 4.78 is 5.43. The van der Waals surface area contributed by atoms with Crippen LogP contribution in [0.3, 0.4) is 0 Å². The van der Waals surface area contributed by atoms with Crippen molar-refractivity contribution >= 4 is 17.7 Å². The molecular formula is C20H29N3O3. The van der Waals surface area contributed by atoms with Gasteiger partial charge in [-0.15, -0.1) is 0 Å². The molecule has 3 rings (SSSR count). The fourth-order valence-electron chi connectivity index (χ4n) is 3.65. The number of para-hydroxylation sites is 1. The zero-order valence-corrected chi connectivity index (χ0v) is 16.0. The summed E-state index contributed by atoms with van der Waals surface area (Å²) in [4.78, 5) is 28.7. The molecule has 1 aromatic carbocycles. The molecule has 0 bridgehead atoms. The normalized spacial score (nSPS) is 19.4. The van der Waals surface area contributed by atoms with Crippen LogP contribution in [0.5, 0.6) is 0 Å². The van der Waals surface area contributed by atoms with E-state index in [1.807, 2.05) is 26.8 Å². The van der Waals surface area contributed by atoms with Crippen LogP contribution in [0.2, 0.25) is 0 Å². The second kappa shape index (κ2) is 7.56. The Morgan fingerprint density at radius 2 is 2.00 bits per heavy atom. The first-order chi connectivity index (χ1) is 12.3. The van der Waals surface area contributed by atoms with Crippen molar-refractivity contribution in [3.63, 3.8) is 0 Å². The van der Waals surface area contributed by atoms with E-state index in [0.717, 1.165) is 25.9 Å². The number of ether oxygens (including phenoxy) is 1. The summed E-state index contributed by atoms with van der Waals surface area (Å²) in [5.41, 5.74) is 2.08. The van der Waals surface area contributed by atoms with Crippen LogP contribution in [0, 0.1) is 0 Å². The molecule has 1 saturated heterocycles.